The fourth-order valence-electron chi connectivity index (χ4n) is 2.34. The number of halogens is 1. The lowest BCUT2D eigenvalue weighted by atomic mass is 9.96. The van der Waals surface area contributed by atoms with Gasteiger partial charge in [-0.25, -0.2) is 0 Å². The standard InChI is InChI=1S/C15H19ClN2O3/c1-10-6-7-18(8-13(10)19)9-14(20)17-15(21)11-4-2-3-5-12(11)16/h2-5,10,13,19H,6-9H2,1H3,(H,17,20,21). The largest absolute Gasteiger partial charge is 0.392 e. The molecule has 0 bridgehead atoms. The zero-order valence-corrected chi connectivity index (χ0v) is 12.6. The first-order valence-electron chi connectivity index (χ1n) is 6.96. The summed E-state index contributed by atoms with van der Waals surface area (Å²) in [5.74, 6) is -0.646. The number of carbonyl (C=O) groups is 2. The first-order chi connectivity index (χ1) is 9.97. The number of carbonyl (C=O) groups excluding carboxylic acids is 2. The summed E-state index contributed by atoms with van der Waals surface area (Å²) in [6, 6.07) is 6.57. The number of amides is 2. The first kappa shape index (κ1) is 15.9. The summed E-state index contributed by atoms with van der Waals surface area (Å²) in [6.45, 7) is 3.28. The second-order valence-electron chi connectivity index (χ2n) is 5.43. The van der Waals surface area contributed by atoms with Crippen molar-refractivity contribution in [1.29, 1.82) is 0 Å². The van der Waals surface area contributed by atoms with Gasteiger partial charge in [0.2, 0.25) is 5.91 Å². The van der Waals surface area contributed by atoms with Gasteiger partial charge in [-0.05, 0) is 31.0 Å². The van der Waals surface area contributed by atoms with Crippen molar-refractivity contribution < 1.29 is 14.7 Å². The minimum Gasteiger partial charge on any atom is -0.392 e. The van der Waals surface area contributed by atoms with Crippen LogP contribution in [0.4, 0.5) is 0 Å². The number of aliphatic hydroxyl groups excluding tert-OH is 1. The van der Waals surface area contributed by atoms with Crippen molar-refractivity contribution in [3.05, 3.63) is 34.9 Å². The topological polar surface area (TPSA) is 69.6 Å². The van der Waals surface area contributed by atoms with E-state index < -0.39 is 12.0 Å². The fraction of sp³-hybridized carbons (Fsp3) is 0.467. The van der Waals surface area contributed by atoms with Crippen molar-refractivity contribution in [2.45, 2.75) is 19.4 Å². The molecule has 2 N–H and O–H groups in total. The number of imide groups is 1. The highest BCUT2D eigenvalue weighted by Crippen LogP contribution is 2.17. The Morgan fingerprint density at radius 3 is 2.81 bits per heavy atom. The SMILES string of the molecule is CC1CCN(CC(=O)NC(=O)c2ccccc2Cl)CC1O. The average Bonchev–Trinajstić information content (AvgIpc) is 2.43. The van der Waals surface area contributed by atoms with Crippen LogP contribution in [0, 0.1) is 5.92 Å². The van der Waals surface area contributed by atoms with Gasteiger partial charge in [-0.3, -0.25) is 19.8 Å². The van der Waals surface area contributed by atoms with Gasteiger partial charge in [0.05, 0.1) is 23.2 Å². The number of hydrogen-bond acceptors (Lipinski definition) is 4. The van der Waals surface area contributed by atoms with Gasteiger partial charge in [-0.1, -0.05) is 30.7 Å². The van der Waals surface area contributed by atoms with E-state index in [0.29, 0.717) is 11.6 Å². The lowest BCUT2D eigenvalue weighted by molar-refractivity contribution is -0.122. The summed E-state index contributed by atoms with van der Waals surface area (Å²) >= 11 is 5.91. The monoisotopic (exact) mass is 310 g/mol. The van der Waals surface area contributed by atoms with E-state index in [1.54, 1.807) is 24.3 Å². The Labute approximate surface area is 128 Å². The minimum absolute atomic E-state index is 0.0972. The molecule has 2 atom stereocenters. The minimum atomic E-state index is -0.503. The predicted molar refractivity (Wildman–Crippen MR) is 80.2 cm³/mol. The molecule has 0 spiro atoms. The van der Waals surface area contributed by atoms with Crippen molar-refractivity contribution in [3.8, 4) is 0 Å². The summed E-state index contributed by atoms with van der Waals surface area (Å²) in [6.07, 6.45) is 0.415. The van der Waals surface area contributed by atoms with Crippen molar-refractivity contribution in [2.75, 3.05) is 19.6 Å². The molecule has 6 heteroatoms. The van der Waals surface area contributed by atoms with Crippen LogP contribution in [0.1, 0.15) is 23.7 Å². The molecule has 2 rings (SSSR count). The van der Waals surface area contributed by atoms with Gasteiger partial charge >= 0.3 is 0 Å². The molecule has 1 aliphatic heterocycles. The zero-order chi connectivity index (χ0) is 15.4. The maximum absolute atomic E-state index is 11.9. The third kappa shape index (κ3) is 4.27. The second kappa shape index (κ2) is 7.02. The van der Waals surface area contributed by atoms with E-state index in [1.807, 2.05) is 11.8 Å². The molecule has 1 aliphatic rings. The number of hydrogen-bond donors (Lipinski definition) is 2. The average molecular weight is 311 g/mol. The molecule has 1 aromatic rings. The molecule has 114 valence electrons. The molecule has 1 saturated heterocycles. The maximum Gasteiger partial charge on any atom is 0.259 e. The molecule has 0 aromatic heterocycles. The number of piperidine rings is 1. The Morgan fingerprint density at radius 1 is 1.43 bits per heavy atom. The quantitative estimate of drug-likeness (QED) is 0.883. The zero-order valence-electron chi connectivity index (χ0n) is 11.9. The molecule has 21 heavy (non-hydrogen) atoms. The number of nitrogens with zero attached hydrogens (tertiary/aromatic N) is 1. The summed E-state index contributed by atoms with van der Waals surface area (Å²) < 4.78 is 0. The first-order valence-corrected chi connectivity index (χ1v) is 7.34. The lowest BCUT2D eigenvalue weighted by Gasteiger charge is -2.33. The Kier molecular flexibility index (Phi) is 5.33. The van der Waals surface area contributed by atoms with E-state index in [2.05, 4.69) is 5.32 Å². The molecule has 0 aliphatic carbocycles. The molecule has 1 heterocycles. The van der Waals surface area contributed by atoms with Crippen LogP contribution in [-0.2, 0) is 4.79 Å². The van der Waals surface area contributed by atoms with Gasteiger partial charge in [-0.2, -0.15) is 0 Å². The molecule has 2 unspecified atom stereocenters. The van der Waals surface area contributed by atoms with E-state index in [-0.39, 0.29) is 23.9 Å². The van der Waals surface area contributed by atoms with Crippen LogP contribution in [0.2, 0.25) is 5.02 Å². The van der Waals surface area contributed by atoms with Crippen LogP contribution in [0.3, 0.4) is 0 Å². The second-order valence-corrected chi connectivity index (χ2v) is 5.83. The van der Waals surface area contributed by atoms with E-state index in [1.165, 1.54) is 0 Å². The molecular weight excluding hydrogens is 292 g/mol. The van der Waals surface area contributed by atoms with Crippen molar-refractivity contribution in [1.82, 2.24) is 10.2 Å². The number of nitrogens with one attached hydrogen (secondary N) is 1. The molecule has 2 amide bonds. The Morgan fingerprint density at radius 2 is 2.14 bits per heavy atom. The predicted octanol–water partition coefficient (Wildman–Crippen LogP) is 1.30. The van der Waals surface area contributed by atoms with Gasteiger partial charge < -0.3 is 5.11 Å². The van der Waals surface area contributed by atoms with Crippen LogP contribution in [0.25, 0.3) is 0 Å². The summed E-state index contributed by atoms with van der Waals surface area (Å²) in [7, 11) is 0. The van der Waals surface area contributed by atoms with Crippen molar-refractivity contribution in [3.63, 3.8) is 0 Å². The molecule has 0 saturated carbocycles. The lowest BCUT2D eigenvalue weighted by Crippen LogP contribution is -2.47. The van der Waals surface area contributed by atoms with E-state index in [9.17, 15) is 14.7 Å². The molecule has 0 radical (unpaired) electrons. The summed E-state index contributed by atoms with van der Waals surface area (Å²) in [5.41, 5.74) is 0.278. The van der Waals surface area contributed by atoms with Crippen LogP contribution in [0.15, 0.2) is 24.3 Å². The Hall–Kier alpha value is -1.43. The Bertz CT molecular complexity index is 535. The van der Waals surface area contributed by atoms with E-state index in [0.717, 1.165) is 13.0 Å². The molecule has 1 aromatic carbocycles. The summed E-state index contributed by atoms with van der Waals surface area (Å²) in [4.78, 5) is 25.7. The highest BCUT2D eigenvalue weighted by Gasteiger charge is 2.25. The number of likely N-dealkylation sites (tertiary alicyclic amines) is 1. The van der Waals surface area contributed by atoms with Gasteiger partial charge in [0.25, 0.3) is 5.91 Å². The fourth-order valence-corrected chi connectivity index (χ4v) is 2.56. The van der Waals surface area contributed by atoms with Crippen molar-refractivity contribution in [2.24, 2.45) is 5.92 Å². The van der Waals surface area contributed by atoms with E-state index >= 15 is 0 Å². The van der Waals surface area contributed by atoms with Crippen LogP contribution < -0.4 is 5.32 Å². The third-order valence-electron chi connectivity index (χ3n) is 3.74. The molecular formula is C15H19ClN2O3. The number of β-amino-alcohol motifs (C(OH)–C–C–N with tert-alkyl or cyclic N) is 1. The van der Waals surface area contributed by atoms with Crippen LogP contribution in [0.5, 0.6) is 0 Å². The highest BCUT2D eigenvalue weighted by atomic mass is 35.5. The van der Waals surface area contributed by atoms with Crippen molar-refractivity contribution >= 4 is 23.4 Å². The Balaban J connectivity index is 1.88. The van der Waals surface area contributed by atoms with Gasteiger partial charge in [0.15, 0.2) is 0 Å². The normalized spacial score (nSPS) is 22.8. The number of aliphatic hydroxyl groups is 1. The number of rotatable bonds is 3. The summed E-state index contributed by atoms with van der Waals surface area (Å²) in [5, 5.41) is 12.4. The van der Waals surface area contributed by atoms with Gasteiger partial charge in [-0.15, -0.1) is 0 Å². The molecule has 5 nitrogen and oxygen atoms in total. The van der Waals surface area contributed by atoms with Crippen LogP contribution in [-0.4, -0.2) is 47.6 Å². The van der Waals surface area contributed by atoms with Gasteiger partial charge in [0.1, 0.15) is 0 Å². The van der Waals surface area contributed by atoms with Crippen LogP contribution >= 0.6 is 11.6 Å². The third-order valence-corrected chi connectivity index (χ3v) is 4.07. The smallest absolute Gasteiger partial charge is 0.259 e. The maximum atomic E-state index is 11.9. The van der Waals surface area contributed by atoms with Gasteiger partial charge in [0, 0.05) is 6.54 Å². The number of benzene rings is 1. The molecule has 1 fully saturated rings. The highest BCUT2D eigenvalue weighted by molar-refractivity contribution is 6.34. The van der Waals surface area contributed by atoms with E-state index in [4.69, 9.17) is 11.6 Å².